The minimum absolute atomic E-state index is 0.0645. The van der Waals surface area contributed by atoms with E-state index in [9.17, 15) is 13.2 Å². The minimum atomic E-state index is -3.64. The first-order chi connectivity index (χ1) is 12.8. The molecule has 2 aromatic rings. The summed E-state index contributed by atoms with van der Waals surface area (Å²) in [5.74, 6) is 0.177. The van der Waals surface area contributed by atoms with Gasteiger partial charge in [0.25, 0.3) is 10.0 Å². The van der Waals surface area contributed by atoms with Gasteiger partial charge in [-0.15, -0.1) is 0 Å². The summed E-state index contributed by atoms with van der Waals surface area (Å²) >= 11 is 0. The molecule has 4 N–H and O–H groups in total. The molecule has 0 saturated heterocycles. The molecule has 0 aromatic heterocycles. The third-order valence-electron chi connectivity index (χ3n) is 4.92. The molecule has 0 unspecified atom stereocenters. The monoisotopic (exact) mass is 387 g/mol. The molecule has 1 amide bonds. The molecule has 2 aromatic carbocycles. The molecule has 1 aliphatic carbocycles. The minimum Gasteiger partial charge on any atom is -0.327 e. The Kier molecular flexibility index (Phi) is 5.82. The molecule has 6 nitrogen and oxygen atoms in total. The van der Waals surface area contributed by atoms with Crippen LogP contribution in [0, 0.1) is 12.8 Å². The number of anilines is 2. The van der Waals surface area contributed by atoms with E-state index in [2.05, 4.69) is 10.0 Å². The summed E-state index contributed by atoms with van der Waals surface area (Å²) in [6.45, 7) is 1.90. The second-order valence-corrected chi connectivity index (χ2v) is 8.79. The zero-order valence-corrected chi connectivity index (χ0v) is 16.1. The number of benzene rings is 2. The molecular formula is C20H25N3O3S. The average Bonchev–Trinajstić information content (AvgIpc) is 3.01. The summed E-state index contributed by atoms with van der Waals surface area (Å²) in [5.41, 5.74) is 8.07. The Bertz CT molecular complexity index is 893. The lowest BCUT2D eigenvalue weighted by atomic mass is 10.00. The number of aryl methyl sites for hydroxylation is 1. The second-order valence-electron chi connectivity index (χ2n) is 7.10. The molecular weight excluding hydrogens is 362 g/mol. The number of nitrogens with one attached hydrogen (secondary N) is 2. The fourth-order valence-electron chi connectivity index (χ4n) is 3.32. The van der Waals surface area contributed by atoms with Crippen LogP contribution in [0.3, 0.4) is 0 Å². The molecule has 7 heteroatoms. The summed E-state index contributed by atoms with van der Waals surface area (Å²) in [6, 6.07) is 13.4. The third-order valence-corrected chi connectivity index (χ3v) is 6.31. The predicted octanol–water partition coefficient (Wildman–Crippen LogP) is 3.25. The number of nitrogens with two attached hydrogens (primary N) is 1. The summed E-state index contributed by atoms with van der Waals surface area (Å²) in [4.78, 5) is 12.4. The molecule has 0 heterocycles. The summed E-state index contributed by atoms with van der Waals surface area (Å²) in [5, 5.41) is 2.85. The molecule has 0 radical (unpaired) electrons. The quantitative estimate of drug-likeness (QED) is 0.708. The lowest BCUT2D eigenvalue weighted by Gasteiger charge is -2.15. The van der Waals surface area contributed by atoms with E-state index >= 15 is 0 Å². The summed E-state index contributed by atoms with van der Waals surface area (Å²) in [7, 11) is -3.64. The Hall–Kier alpha value is -2.38. The van der Waals surface area contributed by atoms with Gasteiger partial charge in [-0.3, -0.25) is 9.52 Å². The average molecular weight is 388 g/mol. The van der Waals surface area contributed by atoms with Crippen molar-refractivity contribution in [1.29, 1.82) is 0 Å². The van der Waals surface area contributed by atoms with Crippen LogP contribution in [0.1, 0.15) is 31.2 Å². The maximum absolute atomic E-state index is 12.4. The van der Waals surface area contributed by atoms with Crippen LogP contribution in [-0.2, 0) is 14.8 Å². The molecule has 1 saturated carbocycles. The zero-order chi connectivity index (χ0) is 19.4. The number of hydrogen-bond donors (Lipinski definition) is 3. The van der Waals surface area contributed by atoms with Crippen molar-refractivity contribution in [1.82, 2.24) is 0 Å². The topological polar surface area (TPSA) is 101 Å². The van der Waals surface area contributed by atoms with Crippen molar-refractivity contribution < 1.29 is 13.2 Å². The molecule has 1 aliphatic rings. The maximum Gasteiger partial charge on any atom is 0.261 e. The molecule has 0 spiro atoms. The van der Waals surface area contributed by atoms with Gasteiger partial charge in [0.2, 0.25) is 5.91 Å². The summed E-state index contributed by atoms with van der Waals surface area (Å²) in [6.07, 6.45) is 3.47. The number of amides is 1. The van der Waals surface area contributed by atoms with Crippen LogP contribution < -0.4 is 15.8 Å². The number of carbonyl (C=O) groups excluding carboxylic acids is 1. The maximum atomic E-state index is 12.4. The van der Waals surface area contributed by atoms with Crippen molar-refractivity contribution in [3.05, 3.63) is 54.1 Å². The van der Waals surface area contributed by atoms with Gasteiger partial charge in [-0.1, -0.05) is 24.1 Å². The number of rotatable bonds is 6. The van der Waals surface area contributed by atoms with Gasteiger partial charge in [0.1, 0.15) is 0 Å². The highest BCUT2D eigenvalue weighted by atomic mass is 32.2. The highest BCUT2D eigenvalue weighted by Crippen LogP contribution is 2.27. The van der Waals surface area contributed by atoms with E-state index in [0.717, 1.165) is 24.8 Å². The van der Waals surface area contributed by atoms with E-state index in [-0.39, 0.29) is 22.8 Å². The zero-order valence-electron chi connectivity index (χ0n) is 15.3. The summed E-state index contributed by atoms with van der Waals surface area (Å²) < 4.78 is 27.4. The van der Waals surface area contributed by atoms with Crippen LogP contribution in [0.4, 0.5) is 11.4 Å². The predicted molar refractivity (Wildman–Crippen MR) is 107 cm³/mol. The Morgan fingerprint density at radius 1 is 1.04 bits per heavy atom. The first kappa shape index (κ1) is 19.4. The van der Waals surface area contributed by atoms with Crippen molar-refractivity contribution in [2.45, 2.75) is 43.5 Å². The van der Waals surface area contributed by atoms with Crippen LogP contribution in [0.5, 0.6) is 0 Å². The van der Waals surface area contributed by atoms with Gasteiger partial charge < -0.3 is 11.1 Å². The Labute approximate surface area is 160 Å². The lowest BCUT2D eigenvalue weighted by molar-refractivity contribution is -0.117. The smallest absolute Gasteiger partial charge is 0.261 e. The molecule has 0 bridgehead atoms. The second kappa shape index (κ2) is 8.10. The van der Waals surface area contributed by atoms with Crippen LogP contribution >= 0.6 is 0 Å². The van der Waals surface area contributed by atoms with E-state index in [4.69, 9.17) is 5.73 Å². The Morgan fingerprint density at radius 3 is 2.26 bits per heavy atom. The van der Waals surface area contributed by atoms with Crippen LogP contribution in [0.25, 0.3) is 0 Å². The van der Waals surface area contributed by atoms with E-state index < -0.39 is 10.0 Å². The van der Waals surface area contributed by atoms with Gasteiger partial charge in [-0.05, 0) is 62.1 Å². The highest BCUT2D eigenvalue weighted by molar-refractivity contribution is 7.92. The van der Waals surface area contributed by atoms with E-state index in [1.54, 1.807) is 48.5 Å². The van der Waals surface area contributed by atoms with Crippen molar-refractivity contribution in [2.24, 2.45) is 11.7 Å². The van der Waals surface area contributed by atoms with Crippen LogP contribution in [0.2, 0.25) is 0 Å². The fraction of sp³-hybridized carbons (Fsp3) is 0.350. The van der Waals surface area contributed by atoms with Crippen molar-refractivity contribution in [3.8, 4) is 0 Å². The fourth-order valence-corrected chi connectivity index (χ4v) is 4.38. The lowest BCUT2D eigenvalue weighted by Crippen LogP contribution is -2.28. The first-order valence-electron chi connectivity index (χ1n) is 9.08. The van der Waals surface area contributed by atoms with Gasteiger partial charge in [-0.2, -0.15) is 0 Å². The largest absolute Gasteiger partial charge is 0.327 e. The molecule has 27 heavy (non-hydrogen) atoms. The van der Waals surface area contributed by atoms with Crippen molar-refractivity contribution in [3.63, 3.8) is 0 Å². The number of sulfonamides is 1. The van der Waals surface area contributed by atoms with Crippen LogP contribution in [0.15, 0.2) is 53.4 Å². The third kappa shape index (κ3) is 5.08. The van der Waals surface area contributed by atoms with E-state index in [1.807, 2.05) is 6.92 Å². The highest BCUT2D eigenvalue weighted by Gasteiger charge is 2.26. The molecule has 0 aliphatic heterocycles. The standard InChI is InChI=1S/C20H25N3O3S/c1-14-5-11-18(12-6-14)27(25,26)23-17-9-7-16(8-10-17)22-20(24)13-15-3-2-4-19(15)21/h5-12,15,19,23H,2-4,13,21H2,1H3,(H,22,24)/t15-,19+/m0/s1. The molecule has 2 atom stereocenters. The number of carbonyl (C=O) groups is 1. The first-order valence-corrected chi connectivity index (χ1v) is 10.6. The van der Waals surface area contributed by atoms with Gasteiger partial charge in [0, 0.05) is 23.8 Å². The number of hydrogen-bond acceptors (Lipinski definition) is 4. The van der Waals surface area contributed by atoms with Gasteiger partial charge >= 0.3 is 0 Å². The molecule has 1 fully saturated rings. The van der Waals surface area contributed by atoms with Gasteiger partial charge in [-0.25, -0.2) is 8.42 Å². The van der Waals surface area contributed by atoms with Gasteiger partial charge in [0.05, 0.1) is 4.90 Å². The van der Waals surface area contributed by atoms with Crippen LogP contribution in [-0.4, -0.2) is 20.4 Å². The van der Waals surface area contributed by atoms with E-state index in [1.165, 1.54) is 0 Å². The molecule has 144 valence electrons. The Morgan fingerprint density at radius 2 is 1.67 bits per heavy atom. The normalized spacial score (nSPS) is 19.6. The SMILES string of the molecule is Cc1ccc(S(=O)(=O)Nc2ccc(NC(=O)C[C@@H]3CCC[C@H]3N)cc2)cc1. The van der Waals surface area contributed by atoms with Crippen molar-refractivity contribution >= 4 is 27.3 Å². The van der Waals surface area contributed by atoms with Gasteiger partial charge in [0.15, 0.2) is 0 Å². The Balaban J connectivity index is 1.59. The van der Waals surface area contributed by atoms with Crippen molar-refractivity contribution in [2.75, 3.05) is 10.0 Å². The molecule has 3 rings (SSSR count). The van der Waals surface area contributed by atoms with E-state index in [0.29, 0.717) is 17.8 Å².